The second-order valence-corrected chi connectivity index (χ2v) is 12.5. The number of hydrogen-bond acceptors (Lipinski definition) is 4. The number of rotatable bonds is 7. The molecule has 7 rings (SSSR count). The van der Waals surface area contributed by atoms with Crippen LogP contribution in [-0.2, 0) is 5.41 Å². The molecule has 1 amide bonds. The summed E-state index contributed by atoms with van der Waals surface area (Å²) in [6, 6.07) is 22.0. The Morgan fingerprint density at radius 2 is 1.62 bits per heavy atom. The highest BCUT2D eigenvalue weighted by Crippen LogP contribution is 2.48. The molecule has 2 bridgehead atoms. The number of benzene rings is 2. The van der Waals surface area contributed by atoms with Crippen molar-refractivity contribution in [1.29, 1.82) is 0 Å². The van der Waals surface area contributed by atoms with Gasteiger partial charge in [-0.2, -0.15) is 5.10 Å². The number of nitrogens with two attached hydrogens (primary N) is 1. The van der Waals surface area contributed by atoms with Crippen LogP contribution in [0.25, 0.3) is 11.0 Å². The number of piperidine rings is 1. The molecule has 0 spiro atoms. The van der Waals surface area contributed by atoms with Gasteiger partial charge in [-0.05, 0) is 94.4 Å². The average Bonchev–Trinajstić information content (AvgIpc) is 3.66. The number of primary amides is 1. The van der Waals surface area contributed by atoms with Crippen LogP contribution in [-0.4, -0.2) is 48.8 Å². The predicted octanol–water partition coefficient (Wildman–Crippen LogP) is 5.95. The highest BCUT2D eigenvalue weighted by Gasteiger charge is 2.44. The molecule has 0 radical (unpaired) electrons. The van der Waals surface area contributed by atoms with Crippen LogP contribution in [0.15, 0.2) is 67.0 Å². The van der Waals surface area contributed by atoms with Crippen molar-refractivity contribution in [1.82, 2.24) is 24.2 Å². The number of carbonyl (C=O) groups excluding carboxylic acids is 1. The fourth-order valence-electron chi connectivity index (χ4n) is 8.35. The minimum atomic E-state index is -0.407. The second kappa shape index (κ2) is 10.2. The first-order chi connectivity index (χ1) is 19.5. The number of para-hydroxylation sites is 2. The van der Waals surface area contributed by atoms with Gasteiger partial charge in [0, 0.05) is 24.3 Å². The van der Waals surface area contributed by atoms with E-state index < -0.39 is 5.91 Å². The van der Waals surface area contributed by atoms with Crippen molar-refractivity contribution < 1.29 is 4.79 Å². The molecule has 40 heavy (non-hydrogen) atoms. The summed E-state index contributed by atoms with van der Waals surface area (Å²) in [6.45, 7) is 3.34. The lowest BCUT2D eigenvalue weighted by molar-refractivity contribution is 0.0885. The van der Waals surface area contributed by atoms with Gasteiger partial charge in [0.1, 0.15) is 5.82 Å². The maximum atomic E-state index is 11.6. The molecule has 2 atom stereocenters. The van der Waals surface area contributed by atoms with Crippen molar-refractivity contribution in [3.63, 3.8) is 0 Å². The van der Waals surface area contributed by atoms with E-state index in [1.165, 1.54) is 49.7 Å². The minimum Gasteiger partial charge on any atom is -0.366 e. The van der Waals surface area contributed by atoms with E-state index in [9.17, 15) is 4.79 Å². The smallest absolute Gasteiger partial charge is 0.251 e. The lowest BCUT2D eigenvalue weighted by Crippen LogP contribution is -2.46. The van der Waals surface area contributed by atoms with Crippen molar-refractivity contribution in [2.75, 3.05) is 6.54 Å². The van der Waals surface area contributed by atoms with Crippen molar-refractivity contribution >= 4 is 16.9 Å². The van der Waals surface area contributed by atoms with Gasteiger partial charge in [-0.25, -0.2) is 4.98 Å². The highest BCUT2D eigenvalue weighted by molar-refractivity contribution is 5.92. The molecule has 1 aliphatic carbocycles. The zero-order chi connectivity index (χ0) is 27.3. The topological polar surface area (TPSA) is 82.0 Å². The molecule has 2 aliphatic heterocycles. The number of aromatic nitrogens is 4. The summed E-state index contributed by atoms with van der Waals surface area (Å²) in [7, 11) is 0. The molecule has 2 saturated heterocycles. The molecule has 208 valence electrons. The first kappa shape index (κ1) is 25.5. The summed E-state index contributed by atoms with van der Waals surface area (Å²) >= 11 is 0. The molecule has 3 aliphatic rings. The minimum absolute atomic E-state index is 0.185. The summed E-state index contributed by atoms with van der Waals surface area (Å²) in [5, 5.41) is 4.48. The predicted molar refractivity (Wildman–Crippen MR) is 157 cm³/mol. The van der Waals surface area contributed by atoms with Gasteiger partial charge in [0.25, 0.3) is 5.91 Å². The van der Waals surface area contributed by atoms with Crippen molar-refractivity contribution in [2.45, 2.75) is 94.3 Å². The lowest BCUT2D eigenvalue weighted by Gasteiger charge is -2.45. The fourth-order valence-corrected chi connectivity index (χ4v) is 8.35. The van der Waals surface area contributed by atoms with E-state index >= 15 is 0 Å². The van der Waals surface area contributed by atoms with Crippen LogP contribution in [0, 0.1) is 6.92 Å². The SMILES string of the molecule is Cc1nc2ccccc2n1C1CC2CCC(C1)N2CCC1(c2ccccc2)CCC(n2cc(C(N)=O)cn2)CC1. The summed E-state index contributed by atoms with van der Waals surface area (Å²) in [5.41, 5.74) is 10.1. The number of aryl methyl sites for hydroxylation is 1. The molecule has 2 unspecified atom stereocenters. The van der Waals surface area contributed by atoms with Gasteiger partial charge < -0.3 is 10.3 Å². The number of carbonyl (C=O) groups is 1. The van der Waals surface area contributed by atoms with Gasteiger partial charge in [0.15, 0.2) is 0 Å². The van der Waals surface area contributed by atoms with Crippen molar-refractivity contribution in [3.8, 4) is 0 Å². The van der Waals surface area contributed by atoms with Crippen LogP contribution in [0.5, 0.6) is 0 Å². The molecule has 2 aromatic heterocycles. The van der Waals surface area contributed by atoms with Crippen molar-refractivity contribution in [3.05, 3.63) is 83.9 Å². The number of imidazole rings is 1. The van der Waals surface area contributed by atoms with Gasteiger partial charge in [0.2, 0.25) is 0 Å². The largest absolute Gasteiger partial charge is 0.366 e. The molecule has 4 heterocycles. The Balaban J connectivity index is 1.07. The highest BCUT2D eigenvalue weighted by atomic mass is 16.1. The first-order valence-corrected chi connectivity index (χ1v) is 15.1. The van der Waals surface area contributed by atoms with Crippen molar-refractivity contribution in [2.24, 2.45) is 5.73 Å². The Morgan fingerprint density at radius 3 is 2.33 bits per heavy atom. The Kier molecular flexibility index (Phi) is 6.50. The molecule has 4 aromatic rings. The number of hydrogen-bond donors (Lipinski definition) is 1. The van der Waals surface area contributed by atoms with Crippen LogP contribution in [0.2, 0.25) is 0 Å². The molecule has 7 nitrogen and oxygen atoms in total. The standard InChI is InChI=1S/C33H40N6O/c1-23-36-30-9-5-6-10-31(30)39(23)29-19-27-11-12-28(20-29)37(27)18-17-33(25-7-3-2-4-8-25)15-13-26(14-16-33)38-22-24(21-35-38)32(34)40/h2-10,21-22,26-29H,11-20H2,1H3,(H2,34,40). The Morgan fingerprint density at radius 1 is 0.925 bits per heavy atom. The fraction of sp³-hybridized carbons (Fsp3) is 0.485. The Bertz CT molecular complexity index is 1480. The average molecular weight is 537 g/mol. The van der Waals surface area contributed by atoms with E-state index in [0.29, 0.717) is 29.7 Å². The van der Waals surface area contributed by atoms with Gasteiger partial charge in [-0.1, -0.05) is 42.5 Å². The normalized spacial score (nSPS) is 28.7. The van der Waals surface area contributed by atoms with E-state index in [1.54, 1.807) is 6.20 Å². The summed E-state index contributed by atoms with van der Waals surface area (Å²) in [5.74, 6) is 0.745. The first-order valence-electron chi connectivity index (χ1n) is 15.1. The van der Waals surface area contributed by atoms with Crippen LogP contribution < -0.4 is 5.73 Å². The Labute approximate surface area is 236 Å². The van der Waals surface area contributed by atoms with E-state index in [4.69, 9.17) is 10.7 Å². The monoisotopic (exact) mass is 536 g/mol. The molecular weight excluding hydrogens is 496 g/mol. The van der Waals surface area contributed by atoms with E-state index in [2.05, 4.69) is 76.1 Å². The molecule has 2 aromatic carbocycles. The van der Waals surface area contributed by atoms with E-state index in [1.807, 2.05) is 10.9 Å². The molecule has 1 saturated carbocycles. The molecule has 2 N–H and O–H groups in total. The third-order valence-corrected chi connectivity index (χ3v) is 10.4. The number of amides is 1. The van der Waals surface area contributed by atoms with Crippen LogP contribution in [0.4, 0.5) is 0 Å². The summed E-state index contributed by atoms with van der Waals surface area (Å²) < 4.78 is 4.51. The van der Waals surface area contributed by atoms with E-state index in [0.717, 1.165) is 37.0 Å². The zero-order valence-electron chi connectivity index (χ0n) is 23.5. The zero-order valence-corrected chi connectivity index (χ0v) is 23.5. The van der Waals surface area contributed by atoms with Crippen LogP contribution in [0.3, 0.4) is 0 Å². The van der Waals surface area contributed by atoms with Gasteiger partial charge >= 0.3 is 0 Å². The van der Waals surface area contributed by atoms with Gasteiger partial charge in [-0.3, -0.25) is 14.4 Å². The lowest BCUT2D eigenvalue weighted by atomic mass is 9.66. The quantitative estimate of drug-likeness (QED) is 0.316. The molecule has 7 heteroatoms. The summed E-state index contributed by atoms with van der Waals surface area (Å²) in [6.07, 6.45) is 14.1. The third kappa shape index (κ3) is 4.44. The van der Waals surface area contributed by atoms with Gasteiger partial charge in [0.05, 0.1) is 28.8 Å². The number of nitrogens with zero attached hydrogens (tertiary/aromatic N) is 5. The number of fused-ring (bicyclic) bond motifs is 3. The second-order valence-electron chi connectivity index (χ2n) is 12.5. The van der Waals surface area contributed by atoms with E-state index in [-0.39, 0.29) is 5.41 Å². The van der Waals surface area contributed by atoms with Crippen LogP contribution >= 0.6 is 0 Å². The molecule has 3 fully saturated rings. The molecular formula is C33H40N6O. The maximum Gasteiger partial charge on any atom is 0.251 e. The third-order valence-electron chi connectivity index (χ3n) is 10.4. The Hall–Kier alpha value is -3.45. The maximum absolute atomic E-state index is 11.6. The summed E-state index contributed by atoms with van der Waals surface area (Å²) in [4.78, 5) is 19.3. The van der Waals surface area contributed by atoms with Crippen LogP contribution in [0.1, 0.15) is 91.6 Å². The van der Waals surface area contributed by atoms with Gasteiger partial charge in [-0.15, -0.1) is 0 Å².